The van der Waals surface area contributed by atoms with Gasteiger partial charge in [-0.05, 0) is 71.2 Å². The second kappa shape index (κ2) is 9.32. The first-order valence-electron chi connectivity index (χ1n) is 9.30. The molecule has 0 aliphatic carbocycles. The van der Waals surface area contributed by atoms with Crippen molar-refractivity contribution in [3.63, 3.8) is 0 Å². The lowest BCUT2D eigenvalue weighted by atomic mass is 10.2. The fraction of sp³-hybridized carbons (Fsp3) is 0.300. The number of ether oxygens (including phenoxy) is 1. The second-order valence-electron chi connectivity index (χ2n) is 6.52. The van der Waals surface area contributed by atoms with Gasteiger partial charge in [0.15, 0.2) is 12.4 Å². The van der Waals surface area contributed by atoms with Crippen molar-refractivity contribution in [1.82, 2.24) is 20.2 Å². The average Bonchev–Trinajstić information content (AvgIpc) is 3.19. The van der Waals surface area contributed by atoms with Crippen LogP contribution in [0.1, 0.15) is 22.4 Å². The summed E-state index contributed by atoms with van der Waals surface area (Å²) >= 11 is 3.97. The van der Waals surface area contributed by atoms with Gasteiger partial charge >= 0.3 is 0 Å². The van der Waals surface area contributed by atoms with E-state index in [4.69, 9.17) is 4.74 Å². The van der Waals surface area contributed by atoms with E-state index in [1.54, 1.807) is 4.68 Å². The number of carbonyl (C=O) groups is 1. The number of benzene rings is 2. The normalized spacial score (nSPS) is 14.5. The maximum Gasteiger partial charge on any atom is 0.262 e. The first-order chi connectivity index (χ1) is 14.2. The van der Waals surface area contributed by atoms with Crippen LogP contribution in [-0.4, -0.2) is 44.2 Å². The van der Waals surface area contributed by atoms with Crippen LogP contribution in [0, 0.1) is 6.92 Å². The Labute approximate surface area is 177 Å². The smallest absolute Gasteiger partial charge is 0.262 e. The number of carbonyl (C=O) groups excluding carboxylic acids is 1. The third kappa shape index (κ3) is 5.10. The first-order valence-corrected chi connectivity index (χ1v) is 11.4. The molecular formula is C20H21N5O2S2. The van der Waals surface area contributed by atoms with Gasteiger partial charge in [-0.15, -0.1) is 28.6 Å². The van der Waals surface area contributed by atoms with Crippen molar-refractivity contribution in [3.8, 4) is 11.4 Å². The highest BCUT2D eigenvalue weighted by atomic mass is 32.2. The summed E-state index contributed by atoms with van der Waals surface area (Å²) in [6.45, 7) is 1.76. The molecule has 3 aromatic rings. The molecule has 0 saturated carbocycles. The summed E-state index contributed by atoms with van der Waals surface area (Å²) in [5, 5.41) is 14.3. The maximum absolute atomic E-state index is 12.3. The van der Waals surface area contributed by atoms with Crippen LogP contribution in [0.25, 0.3) is 5.69 Å². The van der Waals surface area contributed by atoms with Crippen LogP contribution in [0.5, 0.6) is 5.75 Å². The summed E-state index contributed by atoms with van der Waals surface area (Å²) in [5.41, 5.74) is 2.74. The average molecular weight is 428 g/mol. The third-order valence-electron chi connectivity index (χ3n) is 4.35. The van der Waals surface area contributed by atoms with E-state index in [-0.39, 0.29) is 12.5 Å². The predicted molar refractivity (Wildman–Crippen MR) is 117 cm³/mol. The minimum absolute atomic E-state index is 0.0551. The third-order valence-corrected chi connectivity index (χ3v) is 7.36. The summed E-state index contributed by atoms with van der Waals surface area (Å²) < 4.78 is 7.75. The predicted octanol–water partition coefficient (Wildman–Crippen LogP) is 3.86. The molecule has 4 rings (SSSR count). The molecule has 1 aliphatic rings. The van der Waals surface area contributed by atoms with E-state index >= 15 is 0 Å². The van der Waals surface area contributed by atoms with Crippen LogP contribution in [0.2, 0.25) is 0 Å². The molecule has 1 aliphatic heterocycles. The number of nitrogens with one attached hydrogen (secondary N) is 1. The molecule has 1 amide bonds. The van der Waals surface area contributed by atoms with E-state index in [1.807, 2.05) is 66.8 Å². The number of anilines is 1. The monoisotopic (exact) mass is 427 g/mol. The van der Waals surface area contributed by atoms with Gasteiger partial charge in [-0.1, -0.05) is 18.2 Å². The van der Waals surface area contributed by atoms with Gasteiger partial charge in [0.05, 0.1) is 10.3 Å². The van der Waals surface area contributed by atoms with Crippen molar-refractivity contribution in [1.29, 1.82) is 0 Å². The molecule has 0 atom stereocenters. The van der Waals surface area contributed by atoms with Crippen LogP contribution >= 0.6 is 23.5 Å². The van der Waals surface area contributed by atoms with Crippen LogP contribution in [0.3, 0.4) is 0 Å². The molecule has 1 aromatic heterocycles. The molecule has 1 saturated heterocycles. The SMILES string of the molecule is Cc1nnnn1-c1cccc(NC(=O)COc2ccc(C3SCCCS3)cc2)c1. The zero-order valence-corrected chi connectivity index (χ0v) is 17.6. The standard InChI is InChI=1S/C20H21N5O2S2/c1-14-22-23-24-25(14)17-5-2-4-16(12-17)21-19(26)13-27-18-8-6-15(7-9-18)20-28-10-3-11-29-20/h2,4-9,12,20H,3,10-11,13H2,1H3,(H,21,26). The molecule has 29 heavy (non-hydrogen) atoms. The van der Waals surface area contributed by atoms with Gasteiger partial charge in [-0.2, -0.15) is 4.68 Å². The summed E-state index contributed by atoms with van der Waals surface area (Å²) in [4.78, 5) is 12.3. The molecule has 1 fully saturated rings. The van der Waals surface area contributed by atoms with Gasteiger partial charge in [0, 0.05) is 5.69 Å². The Bertz CT molecular complexity index is 971. The molecule has 2 heterocycles. The maximum atomic E-state index is 12.3. The first kappa shape index (κ1) is 19.8. The molecule has 2 aromatic carbocycles. The largest absolute Gasteiger partial charge is 0.484 e. The van der Waals surface area contributed by atoms with Gasteiger partial charge < -0.3 is 10.1 Å². The van der Waals surface area contributed by atoms with E-state index in [0.717, 1.165) is 5.69 Å². The van der Waals surface area contributed by atoms with Crippen LogP contribution < -0.4 is 10.1 Å². The van der Waals surface area contributed by atoms with Crippen molar-refractivity contribution in [2.45, 2.75) is 17.9 Å². The highest BCUT2D eigenvalue weighted by Gasteiger charge is 2.16. The van der Waals surface area contributed by atoms with Gasteiger partial charge in [0.25, 0.3) is 5.91 Å². The van der Waals surface area contributed by atoms with Crippen molar-refractivity contribution < 1.29 is 9.53 Å². The number of rotatable bonds is 6. The Morgan fingerprint density at radius 1 is 1.21 bits per heavy atom. The number of aromatic nitrogens is 4. The lowest BCUT2D eigenvalue weighted by Crippen LogP contribution is -2.20. The number of nitrogens with zero attached hydrogens (tertiary/aromatic N) is 4. The number of tetrazole rings is 1. The highest BCUT2D eigenvalue weighted by molar-refractivity contribution is 8.16. The summed E-state index contributed by atoms with van der Waals surface area (Å²) in [5.74, 6) is 3.56. The summed E-state index contributed by atoms with van der Waals surface area (Å²) in [7, 11) is 0. The minimum Gasteiger partial charge on any atom is -0.484 e. The van der Waals surface area contributed by atoms with Crippen LogP contribution in [0.4, 0.5) is 5.69 Å². The van der Waals surface area contributed by atoms with E-state index in [1.165, 1.54) is 23.5 Å². The van der Waals surface area contributed by atoms with Crippen molar-refractivity contribution in [3.05, 3.63) is 59.9 Å². The van der Waals surface area contributed by atoms with E-state index < -0.39 is 0 Å². The number of hydrogen-bond acceptors (Lipinski definition) is 7. The van der Waals surface area contributed by atoms with Crippen molar-refractivity contribution in [2.75, 3.05) is 23.4 Å². The quantitative estimate of drug-likeness (QED) is 0.640. The number of aryl methyl sites for hydroxylation is 1. The van der Waals surface area contributed by atoms with Gasteiger partial charge in [-0.25, -0.2) is 0 Å². The van der Waals surface area contributed by atoms with Gasteiger partial charge in [0.2, 0.25) is 0 Å². The van der Waals surface area contributed by atoms with Crippen LogP contribution in [0.15, 0.2) is 48.5 Å². The van der Waals surface area contributed by atoms with E-state index in [0.29, 0.717) is 21.8 Å². The van der Waals surface area contributed by atoms with E-state index in [2.05, 4.69) is 33.0 Å². The summed E-state index contributed by atoms with van der Waals surface area (Å²) in [6, 6.07) is 15.4. The lowest BCUT2D eigenvalue weighted by Gasteiger charge is -2.21. The molecule has 0 unspecified atom stereocenters. The fourth-order valence-electron chi connectivity index (χ4n) is 2.93. The second-order valence-corrected chi connectivity index (χ2v) is 9.25. The van der Waals surface area contributed by atoms with E-state index in [9.17, 15) is 4.79 Å². The fourth-order valence-corrected chi connectivity index (χ4v) is 5.83. The molecule has 7 nitrogen and oxygen atoms in total. The zero-order valence-electron chi connectivity index (χ0n) is 15.9. The molecule has 0 spiro atoms. The molecule has 0 radical (unpaired) electrons. The number of hydrogen-bond donors (Lipinski definition) is 1. The van der Waals surface area contributed by atoms with Gasteiger partial charge in [-0.3, -0.25) is 4.79 Å². The van der Waals surface area contributed by atoms with Crippen LogP contribution in [-0.2, 0) is 4.79 Å². The molecular weight excluding hydrogens is 406 g/mol. The Hall–Kier alpha value is -2.52. The molecule has 0 bridgehead atoms. The Morgan fingerprint density at radius 3 is 2.72 bits per heavy atom. The van der Waals surface area contributed by atoms with Crippen molar-refractivity contribution in [2.24, 2.45) is 0 Å². The topological polar surface area (TPSA) is 81.9 Å². The zero-order chi connectivity index (χ0) is 20.1. The Morgan fingerprint density at radius 2 is 2.00 bits per heavy atom. The van der Waals surface area contributed by atoms with Gasteiger partial charge in [0.1, 0.15) is 5.75 Å². The summed E-state index contributed by atoms with van der Waals surface area (Å²) in [6.07, 6.45) is 1.28. The number of amides is 1. The molecule has 1 N–H and O–H groups in total. The Kier molecular flexibility index (Phi) is 6.36. The highest BCUT2D eigenvalue weighted by Crippen LogP contribution is 2.43. The minimum atomic E-state index is -0.224. The Balaban J connectivity index is 1.32. The lowest BCUT2D eigenvalue weighted by molar-refractivity contribution is -0.118. The van der Waals surface area contributed by atoms with Crippen molar-refractivity contribution >= 4 is 35.1 Å². The number of thioether (sulfide) groups is 2. The molecule has 9 heteroatoms. The molecule has 150 valence electrons.